The highest BCUT2D eigenvalue weighted by molar-refractivity contribution is 8.03. The first kappa shape index (κ1) is 18.1. The number of carboxylic acids is 1. The summed E-state index contributed by atoms with van der Waals surface area (Å²) in [6.07, 6.45) is 1.58. The van der Waals surface area contributed by atoms with Gasteiger partial charge >= 0.3 is 0 Å². The van der Waals surface area contributed by atoms with Crippen molar-refractivity contribution in [2.24, 2.45) is 0 Å². The smallest absolute Gasteiger partial charge is 0.261 e. The molecule has 0 unspecified atom stereocenters. The third-order valence-electron chi connectivity index (χ3n) is 4.18. The van der Waals surface area contributed by atoms with Crippen LogP contribution in [-0.2, 0) is 4.79 Å². The number of aromatic nitrogens is 1. The Balaban J connectivity index is 1.76. The molecule has 0 atom stereocenters. The van der Waals surface area contributed by atoms with Crippen LogP contribution in [0.25, 0.3) is 27.9 Å². The summed E-state index contributed by atoms with van der Waals surface area (Å²) in [4.78, 5) is 16.1. The van der Waals surface area contributed by atoms with Crippen LogP contribution in [0.3, 0.4) is 0 Å². The Kier molecular flexibility index (Phi) is 5.04. The number of hydrogen-bond acceptors (Lipinski definition) is 6. The number of aliphatic carboxylic acids is 1. The van der Waals surface area contributed by atoms with Crippen LogP contribution in [0.5, 0.6) is 5.75 Å². The summed E-state index contributed by atoms with van der Waals surface area (Å²) in [6.45, 7) is 2.48. The van der Waals surface area contributed by atoms with Crippen molar-refractivity contribution in [1.82, 2.24) is 4.98 Å². The third kappa shape index (κ3) is 3.59. The SMILES string of the molecule is CCOc1ccc(/C=C(/Sc2nc3ccccc3o2)C(=O)[O-])c2ccccc12. The summed E-state index contributed by atoms with van der Waals surface area (Å²) in [6, 6.07) is 18.7. The molecule has 0 saturated heterocycles. The van der Waals surface area contributed by atoms with Crippen molar-refractivity contribution in [1.29, 1.82) is 0 Å². The molecular formula is C22H16NO4S-. The lowest BCUT2D eigenvalue weighted by molar-refractivity contribution is -0.298. The average molecular weight is 390 g/mol. The van der Waals surface area contributed by atoms with Crippen LogP contribution in [0.2, 0.25) is 0 Å². The van der Waals surface area contributed by atoms with E-state index in [9.17, 15) is 9.90 Å². The van der Waals surface area contributed by atoms with Gasteiger partial charge in [-0.3, -0.25) is 0 Å². The molecule has 1 aromatic heterocycles. The molecule has 0 N–H and O–H groups in total. The van der Waals surface area contributed by atoms with Crippen molar-refractivity contribution >= 4 is 45.7 Å². The fourth-order valence-corrected chi connectivity index (χ4v) is 3.69. The normalized spacial score (nSPS) is 11.8. The number of fused-ring (bicyclic) bond motifs is 2. The van der Waals surface area contributed by atoms with Gasteiger partial charge in [-0.25, -0.2) is 4.98 Å². The van der Waals surface area contributed by atoms with Gasteiger partial charge in [-0.15, -0.1) is 0 Å². The van der Waals surface area contributed by atoms with Crippen molar-refractivity contribution in [3.63, 3.8) is 0 Å². The molecule has 28 heavy (non-hydrogen) atoms. The lowest BCUT2D eigenvalue weighted by Crippen LogP contribution is -2.23. The van der Waals surface area contributed by atoms with Crippen LogP contribution in [0, 0.1) is 0 Å². The zero-order valence-corrected chi connectivity index (χ0v) is 15.9. The predicted octanol–water partition coefficient (Wildman–Crippen LogP) is 4.26. The maximum absolute atomic E-state index is 11.7. The monoisotopic (exact) mass is 390 g/mol. The third-order valence-corrected chi connectivity index (χ3v) is 5.03. The van der Waals surface area contributed by atoms with Crippen LogP contribution >= 0.6 is 11.8 Å². The average Bonchev–Trinajstić information content (AvgIpc) is 3.11. The molecule has 6 heteroatoms. The number of oxazole rings is 1. The minimum Gasteiger partial charge on any atom is -0.544 e. The Morgan fingerprint density at radius 1 is 1.11 bits per heavy atom. The lowest BCUT2D eigenvalue weighted by atomic mass is 10.0. The molecule has 0 amide bonds. The van der Waals surface area contributed by atoms with Gasteiger partial charge in [0.25, 0.3) is 5.22 Å². The highest BCUT2D eigenvalue weighted by Crippen LogP contribution is 2.34. The summed E-state index contributed by atoms with van der Waals surface area (Å²) in [5.41, 5.74) is 2.03. The van der Waals surface area contributed by atoms with Crippen molar-refractivity contribution in [3.05, 3.63) is 71.1 Å². The van der Waals surface area contributed by atoms with E-state index >= 15 is 0 Å². The molecule has 0 bridgehead atoms. The highest BCUT2D eigenvalue weighted by atomic mass is 32.2. The van der Waals surface area contributed by atoms with Gasteiger partial charge in [-0.2, -0.15) is 0 Å². The van der Waals surface area contributed by atoms with Gasteiger partial charge in [0.15, 0.2) is 5.58 Å². The second-order valence-corrected chi connectivity index (χ2v) is 6.97. The first-order chi connectivity index (χ1) is 13.7. The fourth-order valence-electron chi connectivity index (χ4n) is 2.96. The predicted molar refractivity (Wildman–Crippen MR) is 108 cm³/mol. The van der Waals surface area contributed by atoms with E-state index in [1.807, 2.05) is 61.5 Å². The van der Waals surface area contributed by atoms with Gasteiger partial charge in [0.1, 0.15) is 11.3 Å². The van der Waals surface area contributed by atoms with Crippen molar-refractivity contribution in [2.75, 3.05) is 6.61 Å². The van der Waals surface area contributed by atoms with E-state index in [0.717, 1.165) is 33.8 Å². The first-order valence-electron chi connectivity index (χ1n) is 8.76. The minimum atomic E-state index is -1.29. The van der Waals surface area contributed by atoms with Gasteiger partial charge in [-0.1, -0.05) is 42.5 Å². The molecule has 1 heterocycles. The van der Waals surface area contributed by atoms with E-state index in [2.05, 4.69) is 4.98 Å². The highest BCUT2D eigenvalue weighted by Gasteiger charge is 2.12. The Hall–Kier alpha value is -3.25. The van der Waals surface area contributed by atoms with Crippen LogP contribution in [0.4, 0.5) is 0 Å². The molecule has 0 saturated carbocycles. The second-order valence-electron chi connectivity index (χ2n) is 5.98. The van der Waals surface area contributed by atoms with E-state index < -0.39 is 5.97 Å². The van der Waals surface area contributed by atoms with Gasteiger partial charge in [0.05, 0.1) is 12.6 Å². The second kappa shape index (κ2) is 7.78. The molecule has 0 radical (unpaired) electrons. The minimum absolute atomic E-state index is 0.0147. The van der Waals surface area contributed by atoms with Gasteiger partial charge in [0, 0.05) is 10.3 Å². The molecular weight excluding hydrogens is 374 g/mol. The summed E-state index contributed by atoms with van der Waals surface area (Å²) in [7, 11) is 0. The van der Waals surface area contributed by atoms with E-state index in [-0.39, 0.29) is 10.1 Å². The molecule has 0 spiro atoms. The quantitative estimate of drug-likeness (QED) is 0.362. The number of ether oxygens (including phenoxy) is 1. The summed E-state index contributed by atoms with van der Waals surface area (Å²) in [5, 5.41) is 13.8. The van der Waals surface area contributed by atoms with Gasteiger partial charge in [-0.05, 0) is 53.9 Å². The van der Waals surface area contributed by atoms with Crippen molar-refractivity contribution in [3.8, 4) is 5.75 Å². The topological polar surface area (TPSA) is 75.4 Å². The number of thioether (sulfide) groups is 1. The molecule has 4 aromatic rings. The van der Waals surface area contributed by atoms with Gasteiger partial charge in [0.2, 0.25) is 0 Å². The number of hydrogen-bond donors (Lipinski definition) is 0. The maximum atomic E-state index is 11.7. The van der Waals surface area contributed by atoms with E-state index in [4.69, 9.17) is 9.15 Å². The number of carbonyl (C=O) groups is 1. The summed E-state index contributed by atoms with van der Waals surface area (Å²) < 4.78 is 11.3. The molecule has 4 rings (SSSR count). The Labute approximate surface area is 165 Å². The molecule has 0 aliphatic carbocycles. The van der Waals surface area contributed by atoms with Crippen LogP contribution in [0.15, 0.2) is 75.2 Å². The maximum Gasteiger partial charge on any atom is 0.261 e. The molecule has 3 aromatic carbocycles. The number of benzene rings is 3. The largest absolute Gasteiger partial charge is 0.544 e. The summed E-state index contributed by atoms with van der Waals surface area (Å²) in [5.74, 6) is -0.526. The molecule has 0 aliphatic rings. The first-order valence-corrected chi connectivity index (χ1v) is 9.58. The van der Waals surface area contributed by atoms with Crippen LogP contribution in [0.1, 0.15) is 12.5 Å². The molecule has 5 nitrogen and oxygen atoms in total. The molecule has 0 aliphatic heterocycles. The Morgan fingerprint density at radius 2 is 1.86 bits per heavy atom. The number of para-hydroxylation sites is 2. The van der Waals surface area contributed by atoms with E-state index in [0.29, 0.717) is 17.7 Å². The Morgan fingerprint density at radius 3 is 2.61 bits per heavy atom. The summed E-state index contributed by atoms with van der Waals surface area (Å²) >= 11 is 0.930. The van der Waals surface area contributed by atoms with Crippen LogP contribution < -0.4 is 9.84 Å². The number of carboxylic acid groups (broad SMARTS) is 1. The standard InChI is InChI=1S/C22H17NO4S/c1-2-26-18-12-11-14(15-7-3-4-8-16(15)18)13-20(21(24)25)28-22-23-17-9-5-6-10-19(17)27-22/h3-13H,2H2,1H3,(H,24,25)/p-1/b20-13+. The van der Waals surface area contributed by atoms with Crippen molar-refractivity contribution < 1.29 is 19.1 Å². The number of rotatable bonds is 6. The zero-order valence-electron chi connectivity index (χ0n) is 15.0. The molecule has 0 fully saturated rings. The number of carbonyl (C=O) groups excluding carboxylic acids is 1. The lowest BCUT2D eigenvalue weighted by Gasteiger charge is -2.11. The zero-order chi connectivity index (χ0) is 19.5. The van der Waals surface area contributed by atoms with Crippen LogP contribution in [-0.4, -0.2) is 17.6 Å². The number of nitrogens with zero attached hydrogens (tertiary/aromatic N) is 1. The van der Waals surface area contributed by atoms with Crippen molar-refractivity contribution in [2.45, 2.75) is 12.1 Å². The fraction of sp³-hybridized carbons (Fsp3) is 0.0909. The van der Waals surface area contributed by atoms with E-state index in [1.165, 1.54) is 0 Å². The Bertz CT molecular complexity index is 1160. The van der Waals surface area contributed by atoms with Gasteiger partial charge < -0.3 is 19.1 Å². The van der Waals surface area contributed by atoms with E-state index in [1.54, 1.807) is 12.1 Å². The molecule has 140 valence electrons.